The summed E-state index contributed by atoms with van der Waals surface area (Å²) in [6.07, 6.45) is 1.42. The second-order valence-electron chi connectivity index (χ2n) is 1.73. The maximum absolute atomic E-state index is 7.83. The second kappa shape index (κ2) is 3.63. The van der Waals surface area contributed by atoms with Gasteiger partial charge in [-0.05, 0) is 5.56 Å². The van der Waals surface area contributed by atoms with Crippen LogP contribution in [-0.2, 0) is 4.99 Å². The van der Waals surface area contributed by atoms with Crippen LogP contribution in [0.2, 0.25) is 0 Å². The standard InChI is InChI=1S/C7H7NO2/c9-10-8-6-7-4-2-1-3-5-7/h1-6,9H/b8-6-. The number of rotatable bonds is 2. The molecule has 10 heavy (non-hydrogen) atoms. The molecule has 0 aliphatic rings. The topological polar surface area (TPSA) is 41.8 Å². The van der Waals surface area contributed by atoms with E-state index in [0.29, 0.717) is 0 Å². The van der Waals surface area contributed by atoms with Gasteiger partial charge in [-0.3, -0.25) is 0 Å². The maximum atomic E-state index is 7.83. The highest BCUT2D eigenvalue weighted by molar-refractivity contribution is 5.78. The molecule has 1 rings (SSSR count). The van der Waals surface area contributed by atoms with Crippen LogP contribution in [0.3, 0.4) is 0 Å². The molecule has 0 atom stereocenters. The van der Waals surface area contributed by atoms with Crippen LogP contribution in [0.5, 0.6) is 0 Å². The monoisotopic (exact) mass is 137 g/mol. The normalized spacial score (nSPS) is 10.1. The van der Waals surface area contributed by atoms with Gasteiger partial charge >= 0.3 is 0 Å². The van der Waals surface area contributed by atoms with Gasteiger partial charge in [0.25, 0.3) is 0 Å². The summed E-state index contributed by atoms with van der Waals surface area (Å²) in [6.45, 7) is 0. The Morgan fingerprint density at radius 2 is 2.00 bits per heavy atom. The van der Waals surface area contributed by atoms with E-state index in [9.17, 15) is 0 Å². The Bertz CT molecular complexity index is 208. The van der Waals surface area contributed by atoms with Crippen molar-refractivity contribution in [2.24, 2.45) is 5.16 Å². The number of benzene rings is 1. The molecule has 0 aromatic heterocycles. The molecule has 3 heteroatoms. The minimum absolute atomic E-state index is 0.886. The summed E-state index contributed by atoms with van der Waals surface area (Å²) in [5, 5.41) is 11.0. The van der Waals surface area contributed by atoms with E-state index in [1.165, 1.54) is 6.21 Å². The first-order chi connectivity index (χ1) is 4.93. The molecule has 0 aliphatic heterocycles. The molecule has 0 fully saturated rings. The van der Waals surface area contributed by atoms with E-state index >= 15 is 0 Å². The van der Waals surface area contributed by atoms with E-state index in [-0.39, 0.29) is 0 Å². The molecule has 1 aromatic rings. The van der Waals surface area contributed by atoms with Gasteiger partial charge in [-0.1, -0.05) is 35.5 Å². The van der Waals surface area contributed by atoms with Crippen molar-refractivity contribution in [2.75, 3.05) is 0 Å². The van der Waals surface area contributed by atoms with E-state index in [4.69, 9.17) is 5.26 Å². The number of oxime groups is 1. The fourth-order valence-corrected chi connectivity index (χ4v) is 0.624. The fourth-order valence-electron chi connectivity index (χ4n) is 0.624. The zero-order valence-corrected chi connectivity index (χ0v) is 5.27. The first kappa shape index (κ1) is 6.77. The number of hydrogen-bond acceptors (Lipinski definition) is 3. The average molecular weight is 137 g/mol. The van der Waals surface area contributed by atoms with Gasteiger partial charge in [0.15, 0.2) is 0 Å². The Labute approximate surface area is 58.5 Å². The van der Waals surface area contributed by atoms with Crippen molar-refractivity contribution >= 4 is 6.21 Å². The van der Waals surface area contributed by atoms with Gasteiger partial charge in [-0.25, -0.2) is 4.99 Å². The number of nitrogens with zero attached hydrogens (tertiary/aromatic N) is 1. The lowest BCUT2D eigenvalue weighted by molar-refractivity contribution is -0.242. The average Bonchev–Trinajstić information content (AvgIpc) is 2.03. The largest absolute Gasteiger partial charge is 0.223 e. The minimum atomic E-state index is 0.886. The molecule has 0 saturated carbocycles. The van der Waals surface area contributed by atoms with Gasteiger partial charge in [0.05, 0.1) is 6.21 Å². The molecule has 0 spiro atoms. The molecular weight excluding hydrogens is 130 g/mol. The summed E-state index contributed by atoms with van der Waals surface area (Å²) in [4.78, 5) is 3.52. The maximum Gasteiger partial charge on any atom is 0.0775 e. The van der Waals surface area contributed by atoms with Crippen molar-refractivity contribution in [3.05, 3.63) is 35.9 Å². The lowest BCUT2D eigenvalue weighted by Crippen LogP contribution is -1.79. The SMILES string of the molecule is OO/N=C\c1ccccc1. The molecule has 1 N–H and O–H groups in total. The minimum Gasteiger partial charge on any atom is -0.223 e. The van der Waals surface area contributed by atoms with Crippen molar-refractivity contribution in [1.29, 1.82) is 0 Å². The van der Waals surface area contributed by atoms with Crippen LogP contribution in [0, 0.1) is 0 Å². The highest BCUT2D eigenvalue weighted by Crippen LogP contribution is 1.93. The quantitative estimate of drug-likeness (QED) is 0.381. The van der Waals surface area contributed by atoms with Crippen molar-refractivity contribution in [3.63, 3.8) is 0 Å². The van der Waals surface area contributed by atoms with Crippen molar-refractivity contribution in [1.82, 2.24) is 0 Å². The summed E-state index contributed by atoms with van der Waals surface area (Å²) < 4.78 is 0. The Morgan fingerprint density at radius 1 is 1.30 bits per heavy atom. The highest BCUT2D eigenvalue weighted by Gasteiger charge is 1.81. The summed E-state index contributed by atoms with van der Waals surface area (Å²) in [5.41, 5.74) is 0.886. The van der Waals surface area contributed by atoms with Crippen LogP contribution < -0.4 is 0 Å². The van der Waals surface area contributed by atoms with Crippen LogP contribution in [0.4, 0.5) is 0 Å². The smallest absolute Gasteiger partial charge is 0.0775 e. The van der Waals surface area contributed by atoms with E-state index in [2.05, 4.69) is 10.1 Å². The Hall–Kier alpha value is -1.35. The van der Waals surface area contributed by atoms with Crippen LogP contribution in [0.1, 0.15) is 5.56 Å². The molecule has 0 unspecified atom stereocenters. The Kier molecular flexibility index (Phi) is 2.46. The molecule has 3 nitrogen and oxygen atoms in total. The van der Waals surface area contributed by atoms with Gasteiger partial charge in [0, 0.05) is 0 Å². The zero-order valence-electron chi connectivity index (χ0n) is 5.27. The van der Waals surface area contributed by atoms with E-state index in [0.717, 1.165) is 5.56 Å². The van der Waals surface area contributed by atoms with Crippen LogP contribution in [0.15, 0.2) is 35.5 Å². The summed E-state index contributed by atoms with van der Waals surface area (Å²) in [5.74, 6) is 0. The van der Waals surface area contributed by atoms with Crippen LogP contribution in [0.25, 0.3) is 0 Å². The van der Waals surface area contributed by atoms with Gasteiger partial charge in [0.2, 0.25) is 0 Å². The summed E-state index contributed by atoms with van der Waals surface area (Å²) >= 11 is 0. The third-order valence-electron chi connectivity index (χ3n) is 1.05. The summed E-state index contributed by atoms with van der Waals surface area (Å²) in [7, 11) is 0. The van der Waals surface area contributed by atoms with Gasteiger partial charge in [-0.2, -0.15) is 5.26 Å². The van der Waals surface area contributed by atoms with E-state index in [1.54, 1.807) is 0 Å². The predicted molar refractivity (Wildman–Crippen MR) is 37.7 cm³/mol. The molecule has 0 amide bonds. The third kappa shape index (κ3) is 1.87. The third-order valence-corrected chi connectivity index (χ3v) is 1.05. The molecule has 0 bridgehead atoms. The predicted octanol–water partition coefficient (Wildman–Crippen LogP) is 1.51. The molecule has 0 saturated heterocycles. The van der Waals surface area contributed by atoms with Crippen molar-refractivity contribution in [2.45, 2.75) is 0 Å². The molecular formula is C7H7NO2. The lowest BCUT2D eigenvalue weighted by atomic mass is 10.2. The Morgan fingerprint density at radius 3 is 2.60 bits per heavy atom. The molecule has 52 valence electrons. The van der Waals surface area contributed by atoms with E-state index in [1.807, 2.05) is 30.3 Å². The van der Waals surface area contributed by atoms with Gasteiger partial charge < -0.3 is 0 Å². The van der Waals surface area contributed by atoms with Crippen molar-refractivity contribution < 1.29 is 10.2 Å². The second-order valence-corrected chi connectivity index (χ2v) is 1.73. The Balaban J connectivity index is 2.67. The van der Waals surface area contributed by atoms with Crippen LogP contribution in [-0.4, -0.2) is 11.5 Å². The fraction of sp³-hybridized carbons (Fsp3) is 0. The molecule has 0 radical (unpaired) electrons. The van der Waals surface area contributed by atoms with Crippen LogP contribution >= 0.6 is 0 Å². The first-order valence-corrected chi connectivity index (χ1v) is 2.82. The highest BCUT2D eigenvalue weighted by atomic mass is 17.2. The first-order valence-electron chi connectivity index (χ1n) is 2.82. The number of hydrogen-bond donors (Lipinski definition) is 1. The lowest BCUT2D eigenvalue weighted by Gasteiger charge is -1.86. The molecule has 0 aliphatic carbocycles. The van der Waals surface area contributed by atoms with E-state index < -0.39 is 0 Å². The molecule has 1 aromatic carbocycles. The molecule has 0 heterocycles. The van der Waals surface area contributed by atoms with Gasteiger partial charge in [0.1, 0.15) is 0 Å². The van der Waals surface area contributed by atoms with Gasteiger partial charge in [-0.15, -0.1) is 0 Å². The summed E-state index contributed by atoms with van der Waals surface area (Å²) in [6, 6.07) is 9.35. The zero-order chi connectivity index (χ0) is 7.23. The van der Waals surface area contributed by atoms with Crippen molar-refractivity contribution in [3.8, 4) is 0 Å².